The second kappa shape index (κ2) is 7.39. The van der Waals surface area contributed by atoms with Gasteiger partial charge in [-0.05, 0) is 49.6 Å². The highest BCUT2D eigenvalue weighted by atomic mass is 16.5. The zero-order chi connectivity index (χ0) is 18.7. The van der Waals surface area contributed by atoms with Crippen LogP contribution in [-0.2, 0) is 9.53 Å². The third kappa shape index (κ3) is 3.59. The third-order valence-corrected chi connectivity index (χ3v) is 4.21. The lowest BCUT2D eigenvalue weighted by Crippen LogP contribution is -2.32. The minimum absolute atomic E-state index is 0.313. The third-order valence-electron chi connectivity index (χ3n) is 4.21. The van der Waals surface area contributed by atoms with Crippen LogP contribution in [0.1, 0.15) is 34.8 Å². The second-order valence-electron chi connectivity index (χ2n) is 6.09. The summed E-state index contributed by atoms with van der Waals surface area (Å²) in [4.78, 5) is 29.0. The van der Waals surface area contributed by atoms with Crippen LogP contribution in [0.3, 0.4) is 0 Å². The Labute approximate surface area is 151 Å². The van der Waals surface area contributed by atoms with E-state index in [9.17, 15) is 9.59 Å². The molecular formula is C20H20N2O4. The Kier molecular flexibility index (Phi) is 5.02. The van der Waals surface area contributed by atoms with Gasteiger partial charge in [0.05, 0.1) is 5.56 Å². The molecule has 6 nitrogen and oxygen atoms in total. The first-order valence-corrected chi connectivity index (χ1v) is 8.41. The van der Waals surface area contributed by atoms with Crippen molar-refractivity contribution >= 4 is 28.7 Å². The predicted molar refractivity (Wildman–Crippen MR) is 98.0 cm³/mol. The zero-order valence-electron chi connectivity index (χ0n) is 14.9. The molecule has 1 heterocycles. The maximum absolute atomic E-state index is 12.6. The number of carbonyl (C=O) groups excluding carboxylic acids is 2. The number of hydrogen-bond donors (Lipinski definition) is 1. The van der Waals surface area contributed by atoms with E-state index in [0.717, 1.165) is 16.8 Å². The maximum atomic E-state index is 12.6. The van der Waals surface area contributed by atoms with Gasteiger partial charge in [0.25, 0.3) is 5.91 Å². The van der Waals surface area contributed by atoms with Crippen molar-refractivity contribution in [2.24, 2.45) is 0 Å². The fraction of sp³-hybridized carbons (Fsp3) is 0.250. The lowest BCUT2D eigenvalue weighted by atomic mass is 10.1. The Morgan fingerprint density at radius 3 is 2.62 bits per heavy atom. The van der Waals surface area contributed by atoms with Crippen molar-refractivity contribution in [3.63, 3.8) is 0 Å². The van der Waals surface area contributed by atoms with Crippen LogP contribution in [0, 0.1) is 13.8 Å². The Bertz CT molecular complexity index is 941. The molecule has 2 aromatic carbocycles. The molecule has 1 atom stereocenters. The molecule has 6 heteroatoms. The lowest BCUT2D eigenvalue weighted by Gasteiger charge is -2.18. The number of nitrogens with one attached hydrogen (secondary N) is 1. The summed E-state index contributed by atoms with van der Waals surface area (Å²) in [6, 6.07) is 10.6. The first-order chi connectivity index (χ1) is 12.5. The molecule has 1 amide bonds. The second-order valence-corrected chi connectivity index (χ2v) is 6.09. The topological polar surface area (TPSA) is 81.4 Å². The molecule has 0 saturated carbocycles. The molecule has 1 N–H and O–H groups in total. The van der Waals surface area contributed by atoms with E-state index in [-0.39, 0.29) is 5.91 Å². The largest absolute Gasteiger partial charge is 0.449 e. The van der Waals surface area contributed by atoms with E-state index >= 15 is 0 Å². The summed E-state index contributed by atoms with van der Waals surface area (Å²) >= 11 is 0. The molecule has 0 bridgehead atoms. The van der Waals surface area contributed by atoms with Crippen molar-refractivity contribution < 1.29 is 18.7 Å². The van der Waals surface area contributed by atoms with Crippen LogP contribution >= 0.6 is 0 Å². The van der Waals surface area contributed by atoms with Gasteiger partial charge in [-0.2, -0.15) is 0 Å². The van der Waals surface area contributed by atoms with Gasteiger partial charge in [-0.1, -0.05) is 25.1 Å². The number of esters is 1. The number of aryl methyl sites for hydroxylation is 2. The fourth-order valence-electron chi connectivity index (χ4n) is 2.72. The summed E-state index contributed by atoms with van der Waals surface area (Å²) in [5, 5.41) is 2.87. The average Bonchev–Trinajstić information content (AvgIpc) is 3.10. The molecule has 0 fully saturated rings. The number of para-hydroxylation sites is 1. The van der Waals surface area contributed by atoms with Gasteiger partial charge in [0.15, 0.2) is 18.1 Å². The molecule has 134 valence electrons. The van der Waals surface area contributed by atoms with Crippen molar-refractivity contribution in [2.75, 3.05) is 5.32 Å². The van der Waals surface area contributed by atoms with Gasteiger partial charge in [0.1, 0.15) is 5.52 Å². The molecule has 0 aliphatic carbocycles. The molecule has 0 aliphatic rings. The van der Waals surface area contributed by atoms with Crippen molar-refractivity contribution in [3.8, 4) is 0 Å². The number of fused-ring (bicyclic) bond motifs is 1. The summed E-state index contributed by atoms with van der Waals surface area (Å²) in [6.45, 7) is 5.63. The van der Waals surface area contributed by atoms with Crippen LogP contribution in [0.2, 0.25) is 0 Å². The van der Waals surface area contributed by atoms with E-state index in [1.165, 1.54) is 6.39 Å². The van der Waals surface area contributed by atoms with Crippen molar-refractivity contribution in [1.29, 1.82) is 0 Å². The summed E-state index contributed by atoms with van der Waals surface area (Å²) in [5.74, 6) is -0.925. The molecule has 0 spiro atoms. The van der Waals surface area contributed by atoms with Crippen molar-refractivity contribution in [2.45, 2.75) is 33.3 Å². The summed E-state index contributed by atoms with van der Waals surface area (Å²) in [5.41, 5.74) is 4.11. The number of rotatable bonds is 5. The molecule has 0 radical (unpaired) electrons. The van der Waals surface area contributed by atoms with Gasteiger partial charge >= 0.3 is 5.97 Å². The molecular weight excluding hydrogens is 332 g/mol. The number of nitrogens with zero attached hydrogens (tertiary/aromatic N) is 1. The van der Waals surface area contributed by atoms with Gasteiger partial charge in [0.2, 0.25) is 0 Å². The molecule has 0 aliphatic heterocycles. The van der Waals surface area contributed by atoms with E-state index in [4.69, 9.17) is 9.15 Å². The molecule has 26 heavy (non-hydrogen) atoms. The summed E-state index contributed by atoms with van der Waals surface area (Å²) in [7, 11) is 0. The number of carbonyl (C=O) groups is 2. The van der Waals surface area contributed by atoms with Gasteiger partial charge in [0, 0.05) is 5.69 Å². The Hall–Kier alpha value is -3.15. The highest BCUT2D eigenvalue weighted by Crippen LogP contribution is 2.21. The SMILES string of the molecule is CCC(OC(=O)c1ccc2ncoc2c1)C(=O)Nc1c(C)cccc1C. The minimum atomic E-state index is -0.882. The van der Waals surface area contributed by atoms with Crippen LogP contribution in [-0.4, -0.2) is 23.0 Å². The monoisotopic (exact) mass is 352 g/mol. The van der Waals surface area contributed by atoms with Crippen LogP contribution in [0.5, 0.6) is 0 Å². The van der Waals surface area contributed by atoms with Crippen molar-refractivity contribution in [3.05, 3.63) is 59.5 Å². The van der Waals surface area contributed by atoms with Crippen LogP contribution in [0.15, 0.2) is 47.2 Å². The van der Waals surface area contributed by atoms with E-state index < -0.39 is 12.1 Å². The first-order valence-electron chi connectivity index (χ1n) is 8.41. The Balaban J connectivity index is 1.73. The Morgan fingerprint density at radius 2 is 1.92 bits per heavy atom. The Morgan fingerprint density at radius 1 is 1.19 bits per heavy atom. The van der Waals surface area contributed by atoms with Crippen LogP contribution in [0.25, 0.3) is 11.1 Å². The fourth-order valence-corrected chi connectivity index (χ4v) is 2.72. The molecule has 3 aromatic rings. The lowest BCUT2D eigenvalue weighted by molar-refractivity contribution is -0.124. The maximum Gasteiger partial charge on any atom is 0.339 e. The number of amides is 1. The summed E-state index contributed by atoms with van der Waals surface area (Å²) < 4.78 is 10.6. The standard InChI is InChI=1S/C20H20N2O4/c1-4-16(19(23)22-18-12(2)6-5-7-13(18)3)26-20(24)14-8-9-15-17(10-14)25-11-21-15/h5-11,16H,4H2,1-3H3,(H,22,23). The molecule has 1 aromatic heterocycles. The van der Waals surface area contributed by atoms with Gasteiger partial charge < -0.3 is 14.5 Å². The minimum Gasteiger partial charge on any atom is -0.449 e. The molecule has 3 rings (SSSR count). The van der Waals surface area contributed by atoms with Gasteiger partial charge in [-0.25, -0.2) is 9.78 Å². The zero-order valence-corrected chi connectivity index (χ0v) is 14.9. The summed E-state index contributed by atoms with van der Waals surface area (Å²) in [6.07, 6.45) is 0.798. The number of hydrogen-bond acceptors (Lipinski definition) is 5. The first kappa shape index (κ1) is 17.7. The van der Waals surface area contributed by atoms with E-state index in [1.54, 1.807) is 25.1 Å². The number of aromatic nitrogens is 1. The molecule has 1 unspecified atom stereocenters. The highest BCUT2D eigenvalue weighted by molar-refractivity contribution is 5.99. The number of oxazole rings is 1. The van der Waals surface area contributed by atoms with E-state index in [2.05, 4.69) is 10.3 Å². The number of ether oxygens (including phenoxy) is 1. The van der Waals surface area contributed by atoms with Crippen molar-refractivity contribution in [1.82, 2.24) is 4.98 Å². The van der Waals surface area contributed by atoms with E-state index in [0.29, 0.717) is 23.1 Å². The normalized spacial score (nSPS) is 12.0. The highest BCUT2D eigenvalue weighted by Gasteiger charge is 2.23. The number of anilines is 1. The van der Waals surface area contributed by atoms with Crippen LogP contribution < -0.4 is 5.32 Å². The molecule has 0 saturated heterocycles. The van der Waals surface area contributed by atoms with E-state index in [1.807, 2.05) is 32.0 Å². The quantitative estimate of drug-likeness (QED) is 0.702. The average molecular weight is 352 g/mol. The van der Waals surface area contributed by atoms with Crippen LogP contribution in [0.4, 0.5) is 5.69 Å². The number of benzene rings is 2. The smallest absolute Gasteiger partial charge is 0.339 e. The predicted octanol–water partition coefficient (Wildman–Crippen LogP) is 4.02. The van der Waals surface area contributed by atoms with Gasteiger partial charge in [-0.3, -0.25) is 4.79 Å². The van der Waals surface area contributed by atoms with Gasteiger partial charge in [-0.15, -0.1) is 0 Å².